The first-order chi connectivity index (χ1) is 10.3. The summed E-state index contributed by atoms with van der Waals surface area (Å²) in [7, 11) is 1.70. The van der Waals surface area contributed by atoms with Gasteiger partial charge in [0, 0.05) is 30.8 Å². The maximum Gasteiger partial charge on any atom is 0.139 e. The molecular formula is C16H21N3OS. The summed E-state index contributed by atoms with van der Waals surface area (Å²) in [5.74, 6) is 1.67. The van der Waals surface area contributed by atoms with Crippen LogP contribution in [0.2, 0.25) is 0 Å². The molecule has 0 unspecified atom stereocenters. The summed E-state index contributed by atoms with van der Waals surface area (Å²) in [6.45, 7) is 4.29. The molecule has 0 aliphatic carbocycles. The van der Waals surface area contributed by atoms with Crippen LogP contribution in [0.1, 0.15) is 17.2 Å². The van der Waals surface area contributed by atoms with Crippen molar-refractivity contribution in [2.24, 2.45) is 0 Å². The first kappa shape index (κ1) is 15.9. The van der Waals surface area contributed by atoms with E-state index >= 15 is 0 Å². The van der Waals surface area contributed by atoms with Crippen molar-refractivity contribution in [2.75, 3.05) is 20.3 Å². The van der Waals surface area contributed by atoms with Gasteiger partial charge < -0.3 is 10.1 Å². The molecule has 1 aromatic carbocycles. The van der Waals surface area contributed by atoms with Gasteiger partial charge in [0.1, 0.15) is 5.82 Å². The molecule has 4 nitrogen and oxygen atoms in total. The number of hydrogen-bond donors (Lipinski definition) is 1. The molecule has 21 heavy (non-hydrogen) atoms. The molecule has 0 saturated heterocycles. The quantitative estimate of drug-likeness (QED) is 0.600. The van der Waals surface area contributed by atoms with Gasteiger partial charge >= 0.3 is 0 Å². The van der Waals surface area contributed by atoms with Crippen molar-refractivity contribution in [3.05, 3.63) is 53.6 Å². The van der Waals surface area contributed by atoms with E-state index in [-0.39, 0.29) is 0 Å². The Balaban J connectivity index is 1.91. The summed E-state index contributed by atoms with van der Waals surface area (Å²) >= 11 is 1.76. The summed E-state index contributed by atoms with van der Waals surface area (Å²) in [6.07, 6.45) is 0. The van der Waals surface area contributed by atoms with E-state index in [0.29, 0.717) is 6.61 Å². The molecule has 0 aliphatic rings. The Kier molecular flexibility index (Phi) is 6.66. The zero-order chi connectivity index (χ0) is 14.9. The predicted molar refractivity (Wildman–Crippen MR) is 86.4 cm³/mol. The Morgan fingerprint density at radius 2 is 2.00 bits per heavy atom. The summed E-state index contributed by atoms with van der Waals surface area (Å²) < 4.78 is 5.02. The van der Waals surface area contributed by atoms with Crippen LogP contribution in [-0.4, -0.2) is 30.2 Å². The number of nitrogens with zero attached hydrogens (tertiary/aromatic N) is 2. The zero-order valence-electron chi connectivity index (χ0n) is 12.5. The molecule has 0 saturated carbocycles. The number of benzene rings is 1. The third-order valence-electron chi connectivity index (χ3n) is 2.85. The molecule has 0 atom stereocenters. The van der Waals surface area contributed by atoms with Gasteiger partial charge in [0.25, 0.3) is 0 Å². The van der Waals surface area contributed by atoms with Gasteiger partial charge in [0.2, 0.25) is 0 Å². The van der Waals surface area contributed by atoms with Crippen LogP contribution in [0.25, 0.3) is 0 Å². The summed E-state index contributed by atoms with van der Waals surface area (Å²) in [5.41, 5.74) is 2.04. The molecule has 0 radical (unpaired) electrons. The lowest BCUT2D eigenvalue weighted by atomic mass is 10.3. The first-order valence-electron chi connectivity index (χ1n) is 6.99. The van der Waals surface area contributed by atoms with Crippen LogP contribution in [0.5, 0.6) is 0 Å². The van der Waals surface area contributed by atoms with Gasteiger partial charge in [0.15, 0.2) is 0 Å². The van der Waals surface area contributed by atoms with Gasteiger partial charge in [-0.3, -0.25) is 0 Å². The molecule has 1 N–H and O–H groups in total. The molecule has 5 heteroatoms. The van der Waals surface area contributed by atoms with E-state index in [9.17, 15) is 0 Å². The van der Waals surface area contributed by atoms with Gasteiger partial charge in [-0.05, 0) is 25.1 Å². The van der Waals surface area contributed by atoms with Crippen molar-refractivity contribution in [1.29, 1.82) is 0 Å². The number of rotatable bonds is 8. The minimum absolute atomic E-state index is 0.709. The van der Waals surface area contributed by atoms with Crippen LogP contribution in [0.4, 0.5) is 0 Å². The number of thioether (sulfide) groups is 1. The highest BCUT2D eigenvalue weighted by Crippen LogP contribution is 2.20. The lowest BCUT2D eigenvalue weighted by Crippen LogP contribution is -2.19. The van der Waals surface area contributed by atoms with Crippen LogP contribution in [0, 0.1) is 6.92 Å². The largest absolute Gasteiger partial charge is 0.383 e. The van der Waals surface area contributed by atoms with E-state index in [2.05, 4.69) is 27.4 Å². The van der Waals surface area contributed by atoms with Gasteiger partial charge in [-0.25, -0.2) is 9.97 Å². The normalized spacial score (nSPS) is 10.8. The molecular weight excluding hydrogens is 282 g/mol. The molecule has 0 aliphatic heterocycles. The maximum absolute atomic E-state index is 5.02. The highest BCUT2D eigenvalue weighted by atomic mass is 32.2. The molecule has 1 heterocycles. The van der Waals surface area contributed by atoms with Crippen LogP contribution >= 0.6 is 11.8 Å². The predicted octanol–water partition coefficient (Wildman–Crippen LogP) is 2.81. The SMILES string of the molecule is COCCNCc1cc(C)nc(CSc2ccccc2)n1. The topological polar surface area (TPSA) is 47.0 Å². The van der Waals surface area contributed by atoms with E-state index in [1.807, 2.05) is 31.2 Å². The van der Waals surface area contributed by atoms with E-state index < -0.39 is 0 Å². The van der Waals surface area contributed by atoms with E-state index in [1.54, 1.807) is 18.9 Å². The van der Waals surface area contributed by atoms with Crippen molar-refractivity contribution in [3.63, 3.8) is 0 Å². The summed E-state index contributed by atoms with van der Waals surface area (Å²) in [4.78, 5) is 10.4. The van der Waals surface area contributed by atoms with Crippen molar-refractivity contribution in [2.45, 2.75) is 24.1 Å². The van der Waals surface area contributed by atoms with E-state index in [0.717, 1.165) is 36.1 Å². The first-order valence-corrected chi connectivity index (χ1v) is 7.97. The lowest BCUT2D eigenvalue weighted by molar-refractivity contribution is 0.199. The molecule has 2 aromatic rings. The van der Waals surface area contributed by atoms with Crippen LogP contribution < -0.4 is 5.32 Å². The third kappa shape index (κ3) is 5.83. The van der Waals surface area contributed by atoms with E-state index in [4.69, 9.17) is 4.74 Å². The average molecular weight is 303 g/mol. The minimum Gasteiger partial charge on any atom is -0.383 e. The molecule has 1 aromatic heterocycles. The Morgan fingerprint density at radius 1 is 1.19 bits per heavy atom. The van der Waals surface area contributed by atoms with Crippen LogP contribution in [0.15, 0.2) is 41.3 Å². The highest BCUT2D eigenvalue weighted by molar-refractivity contribution is 7.98. The average Bonchev–Trinajstić information content (AvgIpc) is 2.50. The fraction of sp³-hybridized carbons (Fsp3) is 0.375. The standard InChI is InChI=1S/C16H21N3OS/c1-13-10-14(11-17-8-9-20-2)19-16(18-13)12-21-15-6-4-3-5-7-15/h3-7,10,17H,8-9,11-12H2,1-2H3. The molecule has 0 amide bonds. The molecule has 2 rings (SSSR count). The fourth-order valence-corrected chi connectivity index (χ4v) is 2.68. The second-order valence-corrected chi connectivity index (χ2v) is 5.74. The molecule has 0 bridgehead atoms. The van der Waals surface area contributed by atoms with E-state index in [1.165, 1.54) is 4.90 Å². The number of hydrogen-bond acceptors (Lipinski definition) is 5. The van der Waals surface area contributed by atoms with Gasteiger partial charge in [-0.1, -0.05) is 18.2 Å². The zero-order valence-corrected chi connectivity index (χ0v) is 13.3. The summed E-state index contributed by atoms with van der Waals surface area (Å²) in [5, 5.41) is 3.31. The minimum atomic E-state index is 0.709. The second-order valence-electron chi connectivity index (χ2n) is 4.69. The van der Waals surface area contributed by atoms with Gasteiger partial charge in [-0.2, -0.15) is 0 Å². The lowest BCUT2D eigenvalue weighted by Gasteiger charge is -2.07. The number of nitrogens with one attached hydrogen (secondary N) is 1. The van der Waals surface area contributed by atoms with Crippen LogP contribution in [0.3, 0.4) is 0 Å². The number of methoxy groups -OCH3 is 1. The van der Waals surface area contributed by atoms with Crippen molar-refractivity contribution < 1.29 is 4.74 Å². The van der Waals surface area contributed by atoms with Crippen molar-refractivity contribution in [3.8, 4) is 0 Å². The fourth-order valence-electron chi connectivity index (χ4n) is 1.91. The van der Waals surface area contributed by atoms with Crippen LogP contribution in [-0.2, 0) is 17.0 Å². The molecule has 0 fully saturated rings. The summed E-state index contributed by atoms with van der Waals surface area (Å²) in [6, 6.07) is 12.4. The molecule has 0 spiro atoms. The Hall–Kier alpha value is -1.43. The van der Waals surface area contributed by atoms with Crippen molar-refractivity contribution >= 4 is 11.8 Å². The smallest absolute Gasteiger partial charge is 0.139 e. The number of ether oxygens (including phenoxy) is 1. The Labute approximate surface area is 130 Å². The van der Waals surface area contributed by atoms with Crippen molar-refractivity contribution in [1.82, 2.24) is 15.3 Å². The highest BCUT2D eigenvalue weighted by Gasteiger charge is 2.03. The monoisotopic (exact) mass is 303 g/mol. The molecule has 112 valence electrons. The second kappa shape index (κ2) is 8.77. The number of aromatic nitrogens is 2. The maximum atomic E-state index is 5.02. The Bertz CT molecular complexity index is 548. The third-order valence-corrected chi connectivity index (χ3v) is 3.86. The van der Waals surface area contributed by atoms with Gasteiger partial charge in [0.05, 0.1) is 18.1 Å². The van der Waals surface area contributed by atoms with Gasteiger partial charge in [-0.15, -0.1) is 11.8 Å². The number of aryl methyl sites for hydroxylation is 1. The Morgan fingerprint density at radius 3 is 2.76 bits per heavy atom.